The normalized spacial score (nSPS) is 11.1. The van der Waals surface area contributed by atoms with Gasteiger partial charge in [-0.05, 0) is 31.5 Å². The molecule has 1 aromatic carbocycles. The molecule has 0 aliphatic rings. The number of halogens is 1. The van der Waals surface area contributed by atoms with Crippen LogP contribution in [0.25, 0.3) is 10.9 Å². The van der Waals surface area contributed by atoms with Gasteiger partial charge in [0.15, 0.2) is 5.78 Å². The minimum Gasteiger partial charge on any atom is -0.494 e. The van der Waals surface area contributed by atoms with Gasteiger partial charge in [-0.15, -0.1) is 0 Å². The number of benzene rings is 1. The van der Waals surface area contributed by atoms with E-state index in [0.717, 1.165) is 12.8 Å². The summed E-state index contributed by atoms with van der Waals surface area (Å²) in [5, 5.41) is 10.6. The number of carbonyl (C=O) groups excluding carboxylic acids is 1. The first-order valence-corrected chi connectivity index (χ1v) is 6.08. The molecular weight excluding hydrogens is 233 g/mol. The third-order valence-corrected chi connectivity index (χ3v) is 3.09. The molecule has 1 N–H and O–H groups in total. The molecule has 0 radical (unpaired) electrons. The number of ketones is 1. The Morgan fingerprint density at radius 1 is 1.44 bits per heavy atom. The van der Waals surface area contributed by atoms with Crippen LogP contribution in [-0.2, 0) is 6.54 Å². The smallest absolute Gasteiger partial charge is 0.203 e. The van der Waals surface area contributed by atoms with Crippen molar-refractivity contribution in [3.05, 3.63) is 29.6 Å². The molecule has 0 unspecified atom stereocenters. The molecule has 0 spiro atoms. The summed E-state index contributed by atoms with van der Waals surface area (Å²) >= 11 is 0. The lowest BCUT2D eigenvalue weighted by Crippen LogP contribution is -1.97. The summed E-state index contributed by atoms with van der Waals surface area (Å²) < 4.78 is 14.9. The lowest BCUT2D eigenvalue weighted by molar-refractivity contribution is 0.101. The molecule has 0 atom stereocenters. The van der Waals surface area contributed by atoms with Crippen molar-refractivity contribution in [2.45, 2.75) is 33.2 Å². The molecule has 0 bridgehead atoms. The standard InChI is InChI=1S/C14H16FNO2/c1-3-4-7-16-12-6-5-10(15)8-11(12)13(9(2)17)14(16)18/h5-6,8,18H,3-4,7H2,1-2H3. The maximum absolute atomic E-state index is 13.3. The van der Waals surface area contributed by atoms with Crippen molar-refractivity contribution in [3.8, 4) is 5.88 Å². The van der Waals surface area contributed by atoms with Gasteiger partial charge in [0.05, 0.1) is 11.1 Å². The SMILES string of the molecule is CCCCn1c(O)c(C(C)=O)c2cc(F)ccc21. The minimum absolute atomic E-state index is 0.0587. The maximum atomic E-state index is 13.3. The second-order valence-corrected chi connectivity index (χ2v) is 4.42. The molecule has 1 aromatic heterocycles. The number of carbonyl (C=O) groups is 1. The van der Waals surface area contributed by atoms with Crippen LogP contribution in [0.1, 0.15) is 37.0 Å². The van der Waals surface area contributed by atoms with Gasteiger partial charge in [-0.3, -0.25) is 4.79 Å². The van der Waals surface area contributed by atoms with Crippen LogP contribution in [0.5, 0.6) is 5.88 Å². The molecule has 0 saturated carbocycles. The van der Waals surface area contributed by atoms with Gasteiger partial charge in [-0.1, -0.05) is 13.3 Å². The Labute approximate surface area is 105 Å². The summed E-state index contributed by atoms with van der Waals surface area (Å²) in [7, 11) is 0. The van der Waals surface area contributed by atoms with E-state index in [1.54, 1.807) is 10.6 Å². The Morgan fingerprint density at radius 3 is 2.78 bits per heavy atom. The average molecular weight is 249 g/mol. The highest BCUT2D eigenvalue weighted by molar-refractivity contribution is 6.09. The second kappa shape index (κ2) is 4.80. The highest BCUT2D eigenvalue weighted by atomic mass is 19.1. The van der Waals surface area contributed by atoms with E-state index >= 15 is 0 Å². The molecule has 2 rings (SSSR count). The lowest BCUT2D eigenvalue weighted by Gasteiger charge is -2.05. The summed E-state index contributed by atoms with van der Waals surface area (Å²) in [5.74, 6) is -0.715. The minimum atomic E-state index is -0.405. The van der Waals surface area contributed by atoms with Gasteiger partial charge in [0.2, 0.25) is 5.88 Å². The van der Waals surface area contributed by atoms with Crippen LogP contribution in [0.2, 0.25) is 0 Å². The third-order valence-electron chi connectivity index (χ3n) is 3.09. The van der Waals surface area contributed by atoms with Crippen LogP contribution in [-0.4, -0.2) is 15.5 Å². The van der Waals surface area contributed by atoms with Crippen molar-refractivity contribution in [3.63, 3.8) is 0 Å². The Hall–Kier alpha value is -1.84. The second-order valence-electron chi connectivity index (χ2n) is 4.42. The fraction of sp³-hybridized carbons (Fsp3) is 0.357. The molecule has 0 amide bonds. The van der Waals surface area contributed by atoms with Gasteiger partial charge >= 0.3 is 0 Å². The maximum Gasteiger partial charge on any atom is 0.203 e. The predicted octanol–water partition coefficient (Wildman–Crippen LogP) is 3.49. The highest BCUT2D eigenvalue weighted by Gasteiger charge is 2.19. The number of nitrogens with zero attached hydrogens (tertiary/aromatic N) is 1. The van der Waals surface area contributed by atoms with Crippen molar-refractivity contribution < 1.29 is 14.3 Å². The molecular formula is C14H16FNO2. The molecule has 96 valence electrons. The zero-order valence-corrected chi connectivity index (χ0v) is 10.5. The number of hydrogen-bond acceptors (Lipinski definition) is 2. The summed E-state index contributed by atoms with van der Waals surface area (Å²) in [6.45, 7) is 4.05. The predicted molar refractivity (Wildman–Crippen MR) is 68.5 cm³/mol. The first-order chi connectivity index (χ1) is 8.56. The summed E-state index contributed by atoms with van der Waals surface area (Å²) in [5.41, 5.74) is 0.910. The molecule has 0 aliphatic heterocycles. The number of hydrogen-bond donors (Lipinski definition) is 1. The van der Waals surface area contributed by atoms with E-state index in [2.05, 4.69) is 0 Å². The average Bonchev–Trinajstić information content (AvgIpc) is 2.58. The van der Waals surface area contributed by atoms with Gasteiger partial charge in [-0.2, -0.15) is 0 Å². The monoisotopic (exact) mass is 249 g/mol. The van der Waals surface area contributed by atoms with E-state index in [-0.39, 0.29) is 17.2 Å². The summed E-state index contributed by atoms with van der Waals surface area (Å²) in [4.78, 5) is 11.6. The van der Waals surface area contributed by atoms with Crippen LogP contribution in [0.3, 0.4) is 0 Å². The zero-order valence-electron chi connectivity index (χ0n) is 10.5. The Bertz CT molecular complexity index is 601. The van der Waals surface area contributed by atoms with E-state index in [0.29, 0.717) is 17.4 Å². The molecule has 18 heavy (non-hydrogen) atoms. The highest BCUT2D eigenvalue weighted by Crippen LogP contribution is 2.32. The van der Waals surface area contributed by atoms with Crippen molar-refractivity contribution in [2.75, 3.05) is 0 Å². The molecule has 2 aromatic rings. The van der Waals surface area contributed by atoms with E-state index in [1.165, 1.54) is 19.1 Å². The van der Waals surface area contributed by atoms with Gasteiger partial charge in [0.25, 0.3) is 0 Å². The van der Waals surface area contributed by atoms with Crippen molar-refractivity contribution in [1.29, 1.82) is 0 Å². The Morgan fingerprint density at radius 2 is 2.17 bits per heavy atom. The van der Waals surface area contributed by atoms with E-state index in [1.807, 2.05) is 6.92 Å². The molecule has 0 aliphatic carbocycles. The molecule has 0 fully saturated rings. The number of aromatic hydroxyl groups is 1. The number of Topliss-reactive ketones (excluding diaryl/α,β-unsaturated/α-hetero) is 1. The first-order valence-electron chi connectivity index (χ1n) is 6.08. The number of aromatic nitrogens is 1. The van der Waals surface area contributed by atoms with Crippen molar-refractivity contribution >= 4 is 16.7 Å². The zero-order chi connectivity index (χ0) is 13.3. The van der Waals surface area contributed by atoms with Crippen LogP contribution >= 0.6 is 0 Å². The summed E-state index contributed by atoms with van der Waals surface area (Å²) in [6.07, 6.45) is 1.88. The topological polar surface area (TPSA) is 42.2 Å². The Balaban J connectivity index is 2.70. The lowest BCUT2D eigenvalue weighted by atomic mass is 10.1. The number of aryl methyl sites for hydroxylation is 1. The first kappa shape index (κ1) is 12.6. The van der Waals surface area contributed by atoms with Crippen LogP contribution in [0.15, 0.2) is 18.2 Å². The largest absolute Gasteiger partial charge is 0.494 e. The fourth-order valence-electron chi connectivity index (χ4n) is 2.20. The van der Waals surface area contributed by atoms with Gasteiger partial charge in [0, 0.05) is 11.9 Å². The van der Waals surface area contributed by atoms with Crippen LogP contribution in [0.4, 0.5) is 4.39 Å². The molecule has 3 nitrogen and oxygen atoms in total. The summed E-state index contributed by atoms with van der Waals surface area (Å²) in [6, 6.07) is 4.24. The number of unbranched alkanes of at least 4 members (excludes halogenated alkanes) is 1. The molecule has 4 heteroatoms. The molecule has 0 saturated heterocycles. The van der Waals surface area contributed by atoms with Crippen LogP contribution in [0, 0.1) is 5.82 Å². The number of rotatable bonds is 4. The van der Waals surface area contributed by atoms with Gasteiger partial charge < -0.3 is 9.67 Å². The third kappa shape index (κ3) is 1.98. The van der Waals surface area contributed by atoms with Crippen molar-refractivity contribution in [1.82, 2.24) is 4.57 Å². The molecule has 1 heterocycles. The van der Waals surface area contributed by atoms with Gasteiger partial charge in [0.1, 0.15) is 5.82 Å². The van der Waals surface area contributed by atoms with Crippen LogP contribution < -0.4 is 0 Å². The number of fused-ring (bicyclic) bond motifs is 1. The van der Waals surface area contributed by atoms with E-state index < -0.39 is 5.82 Å². The van der Waals surface area contributed by atoms with Gasteiger partial charge in [-0.25, -0.2) is 4.39 Å². The van der Waals surface area contributed by atoms with E-state index in [9.17, 15) is 14.3 Å². The fourth-order valence-corrected chi connectivity index (χ4v) is 2.20. The van der Waals surface area contributed by atoms with Crippen molar-refractivity contribution in [2.24, 2.45) is 0 Å². The van der Waals surface area contributed by atoms with E-state index in [4.69, 9.17) is 0 Å². The Kier molecular flexibility index (Phi) is 3.36. The quantitative estimate of drug-likeness (QED) is 0.843.